The quantitative estimate of drug-likeness (QED) is 0.799. The third-order valence-corrected chi connectivity index (χ3v) is 2.33. The molecule has 3 nitrogen and oxygen atoms in total. The minimum absolute atomic E-state index is 0.389. The van der Waals surface area contributed by atoms with Crippen LogP contribution in [0.4, 0.5) is 5.69 Å². The van der Waals surface area contributed by atoms with E-state index in [0.29, 0.717) is 17.7 Å². The molecule has 2 rings (SSSR count). The van der Waals surface area contributed by atoms with Gasteiger partial charge in [0.15, 0.2) is 0 Å². The topological polar surface area (TPSA) is 48.1 Å². The first-order valence-electron chi connectivity index (χ1n) is 5.09. The highest BCUT2D eigenvalue weighted by Crippen LogP contribution is 2.31. The van der Waals surface area contributed by atoms with E-state index in [2.05, 4.69) is 18.8 Å². The van der Waals surface area contributed by atoms with Gasteiger partial charge in [-0.2, -0.15) is 0 Å². The molecule has 0 saturated heterocycles. The van der Waals surface area contributed by atoms with Gasteiger partial charge >= 0.3 is 0 Å². The van der Waals surface area contributed by atoms with Crippen LogP contribution in [-0.2, 0) is 0 Å². The van der Waals surface area contributed by atoms with Gasteiger partial charge in [0.2, 0.25) is 0 Å². The van der Waals surface area contributed by atoms with E-state index in [4.69, 9.17) is 10.5 Å². The zero-order chi connectivity index (χ0) is 10.1. The van der Waals surface area contributed by atoms with Crippen LogP contribution in [0.5, 0.6) is 5.75 Å². The Labute approximate surface area is 84.3 Å². The Morgan fingerprint density at radius 1 is 1.50 bits per heavy atom. The summed E-state index contributed by atoms with van der Waals surface area (Å²) in [6, 6.07) is 1.96. The number of ether oxygens (including phenoxy) is 1. The van der Waals surface area contributed by atoms with Gasteiger partial charge in [-0.1, -0.05) is 13.8 Å². The number of rotatable bonds is 3. The predicted molar refractivity (Wildman–Crippen MR) is 56.4 cm³/mol. The number of nitrogens with two attached hydrogens (primary N) is 1. The van der Waals surface area contributed by atoms with Crippen molar-refractivity contribution in [1.29, 1.82) is 0 Å². The summed E-state index contributed by atoms with van der Waals surface area (Å²) in [6.45, 7) is 4.22. The van der Waals surface area contributed by atoms with E-state index in [1.165, 1.54) is 0 Å². The van der Waals surface area contributed by atoms with Gasteiger partial charge in [0.25, 0.3) is 0 Å². The van der Waals surface area contributed by atoms with Gasteiger partial charge in [-0.15, -0.1) is 0 Å². The molecule has 76 valence electrons. The van der Waals surface area contributed by atoms with Crippen molar-refractivity contribution < 1.29 is 4.74 Å². The average Bonchev–Trinajstić information content (AvgIpc) is 2.92. The molecule has 1 aliphatic rings. The Morgan fingerprint density at radius 2 is 2.21 bits per heavy atom. The number of anilines is 1. The van der Waals surface area contributed by atoms with Crippen molar-refractivity contribution in [3.63, 3.8) is 0 Å². The van der Waals surface area contributed by atoms with Crippen molar-refractivity contribution in [3.8, 4) is 5.75 Å². The standard InChI is InChI=1S/C11H16N2O/c1-7(2)10-5-11(9(12)6-13-10)14-8-3-4-8/h5-8H,3-4,12H2,1-2H3. The number of hydrogen-bond acceptors (Lipinski definition) is 3. The molecule has 3 heteroatoms. The molecule has 1 aliphatic carbocycles. The Hall–Kier alpha value is -1.25. The Morgan fingerprint density at radius 3 is 2.79 bits per heavy atom. The van der Waals surface area contributed by atoms with Crippen molar-refractivity contribution in [3.05, 3.63) is 18.0 Å². The van der Waals surface area contributed by atoms with Crippen LogP contribution in [0.2, 0.25) is 0 Å². The zero-order valence-electron chi connectivity index (χ0n) is 8.66. The molecule has 1 saturated carbocycles. The first-order valence-corrected chi connectivity index (χ1v) is 5.09. The Kier molecular flexibility index (Phi) is 2.32. The van der Waals surface area contributed by atoms with Crippen LogP contribution in [0.1, 0.15) is 38.3 Å². The van der Waals surface area contributed by atoms with Gasteiger partial charge in [0, 0.05) is 11.8 Å². The van der Waals surface area contributed by atoms with E-state index in [9.17, 15) is 0 Å². The second kappa shape index (κ2) is 3.48. The van der Waals surface area contributed by atoms with Crippen molar-refractivity contribution in [2.45, 2.75) is 38.7 Å². The fourth-order valence-electron chi connectivity index (χ4n) is 1.25. The van der Waals surface area contributed by atoms with Gasteiger partial charge in [0.05, 0.1) is 18.0 Å². The van der Waals surface area contributed by atoms with Crippen LogP contribution in [-0.4, -0.2) is 11.1 Å². The van der Waals surface area contributed by atoms with Gasteiger partial charge in [-0.05, 0) is 18.8 Å². The van der Waals surface area contributed by atoms with Crippen molar-refractivity contribution in [2.75, 3.05) is 5.73 Å². The highest BCUT2D eigenvalue weighted by molar-refractivity contribution is 5.51. The maximum Gasteiger partial charge on any atom is 0.146 e. The Bertz CT molecular complexity index is 332. The molecule has 0 aliphatic heterocycles. The Balaban J connectivity index is 2.21. The third-order valence-electron chi connectivity index (χ3n) is 2.33. The molecule has 1 aromatic rings. The first-order chi connectivity index (χ1) is 6.66. The van der Waals surface area contributed by atoms with Crippen LogP contribution >= 0.6 is 0 Å². The van der Waals surface area contributed by atoms with Gasteiger partial charge in [0.1, 0.15) is 5.75 Å². The minimum Gasteiger partial charge on any atom is -0.488 e. The second-order valence-corrected chi connectivity index (χ2v) is 4.12. The molecular weight excluding hydrogens is 176 g/mol. The lowest BCUT2D eigenvalue weighted by molar-refractivity contribution is 0.304. The van der Waals surface area contributed by atoms with Crippen LogP contribution in [0.15, 0.2) is 12.3 Å². The lowest BCUT2D eigenvalue weighted by Crippen LogP contribution is -2.02. The molecule has 0 atom stereocenters. The predicted octanol–water partition coefficient (Wildman–Crippen LogP) is 2.33. The minimum atomic E-state index is 0.389. The van der Waals surface area contributed by atoms with Gasteiger partial charge < -0.3 is 10.5 Å². The van der Waals surface area contributed by atoms with E-state index in [-0.39, 0.29) is 0 Å². The molecular formula is C11H16N2O. The van der Waals surface area contributed by atoms with E-state index in [0.717, 1.165) is 24.3 Å². The zero-order valence-corrected chi connectivity index (χ0v) is 8.66. The summed E-state index contributed by atoms with van der Waals surface area (Å²) in [5, 5.41) is 0. The smallest absolute Gasteiger partial charge is 0.146 e. The molecule has 2 N–H and O–H groups in total. The summed E-state index contributed by atoms with van der Waals surface area (Å²) in [4.78, 5) is 4.26. The molecule has 0 bridgehead atoms. The number of nitrogen functional groups attached to an aromatic ring is 1. The fraction of sp³-hybridized carbons (Fsp3) is 0.545. The highest BCUT2D eigenvalue weighted by Gasteiger charge is 2.24. The van der Waals surface area contributed by atoms with Crippen LogP contribution in [0.3, 0.4) is 0 Å². The number of hydrogen-bond donors (Lipinski definition) is 1. The normalized spacial score (nSPS) is 15.9. The SMILES string of the molecule is CC(C)c1cc(OC2CC2)c(N)cn1. The average molecular weight is 192 g/mol. The summed E-state index contributed by atoms with van der Waals surface area (Å²) >= 11 is 0. The molecule has 0 radical (unpaired) electrons. The second-order valence-electron chi connectivity index (χ2n) is 4.12. The van der Waals surface area contributed by atoms with E-state index in [1.807, 2.05) is 6.07 Å². The van der Waals surface area contributed by atoms with E-state index >= 15 is 0 Å². The van der Waals surface area contributed by atoms with Gasteiger partial charge in [-0.3, -0.25) is 4.98 Å². The summed E-state index contributed by atoms with van der Waals surface area (Å²) in [5.74, 6) is 1.21. The summed E-state index contributed by atoms with van der Waals surface area (Å²) < 4.78 is 5.68. The molecule has 14 heavy (non-hydrogen) atoms. The molecule has 1 aromatic heterocycles. The van der Waals surface area contributed by atoms with Crippen molar-refractivity contribution in [1.82, 2.24) is 4.98 Å². The molecule has 1 heterocycles. The molecule has 0 amide bonds. The summed E-state index contributed by atoms with van der Waals surface area (Å²) in [6.07, 6.45) is 4.38. The fourth-order valence-corrected chi connectivity index (χ4v) is 1.25. The number of pyridine rings is 1. The lowest BCUT2D eigenvalue weighted by atomic mass is 10.1. The number of aromatic nitrogens is 1. The maximum absolute atomic E-state index is 5.78. The van der Waals surface area contributed by atoms with E-state index < -0.39 is 0 Å². The monoisotopic (exact) mass is 192 g/mol. The maximum atomic E-state index is 5.78. The molecule has 0 spiro atoms. The van der Waals surface area contributed by atoms with Crippen LogP contribution in [0.25, 0.3) is 0 Å². The molecule has 1 fully saturated rings. The van der Waals surface area contributed by atoms with Crippen molar-refractivity contribution in [2.24, 2.45) is 0 Å². The first kappa shape index (κ1) is 9.31. The largest absolute Gasteiger partial charge is 0.488 e. The van der Waals surface area contributed by atoms with E-state index in [1.54, 1.807) is 6.20 Å². The summed E-state index contributed by atoms with van der Waals surface area (Å²) in [5.41, 5.74) is 7.46. The van der Waals surface area contributed by atoms with Crippen molar-refractivity contribution >= 4 is 5.69 Å². The van der Waals surface area contributed by atoms with Crippen LogP contribution < -0.4 is 10.5 Å². The van der Waals surface area contributed by atoms with Crippen LogP contribution in [0, 0.1) is 0 Å². The summed E-state index contributed by atoms with van der Waals surface area (Å²) in [7, 11) is 0. The lowest BCUT2D eigenvalue weighted by Gasteiger charge is -2.10. The number of nitrogens with zero attached hydrogens (tertiary/aromatic N) is 1. The van der Waals surface area contributed by atoms with Gasteiger partial charge in [-0.25, -0.2) is 0 Å². The third kappa shape index (κ3) is 1.97. The highest BCUT2D eigenvalue weighted by atomic mass is 16.5. The molecule has 0 unspecified atom stereocenters. The molecule has 0 aromatic carbocycles.